The Morgan fingerprint density at radius 3 is 2.69 bits per heavy atom. The number of aromatic nitrogens is 3. The van der Waals surface area contributed by atoms with Crippen molar-refractivity contribution in [1.29, 1.82) is 0 Å². The van der Waals surface area contributed by atoms with Crippen molar-refractivity contribution in [3.63, 3.8) is 0 Å². The first kappa shape index (κ1) is 13.2. The van der Waals surface area contributed by atoms with Gasteiger partial charge >= 0.3 is 0 Å². The predicted molar refractivity (Wildman–Crippen MR) is 64.2 cm³/mol. The highest BCUT2D eigenvalue weighted by Gasteiger charge is 2.25. The second kappa shape index (κ2) is 5.43. The van der Waals surface area contributed by atoms with Crippen molar-refractivity contribution in [2.45, 2.75) is 53.0 Å². The van der Waals surface area contributed by atoms with Crippen molar-refractivity contribution in [2.75, 3.05) is 6.61 Å². The topological polar surface area (TPSA) is 50.9 Å². The molecule has 1 rings (SSSR count). The molecule has 4 nitrogen and oxygen atoms in total. The molecule has 1 heterocycles. The highest BCUT2D eigenvalue weighted by Crippen LogP contribution is 2.27. The lowest BCUT2D eigenvalue weighted by atomic mass is 9.83. The van der Waals surface area contributed by atoms with Crippen LogP contribution in [0, 0.1) is 5.41 Å². The minimum atomic E-state index is -0.0750. The van der Waals surface area contributed by atoms with Crippen LogP contribution >= 0.6 is 0 Å². The number of rotatable bonds is 6. The minimum Gasteiger partial charge on any atom is -0.396 e. The number of aliphatic hydroxyl groups excluding tert-OH is 1. The van der Waals surface area contributed by atoms with Gasteiger partial charge in [0.25, 0.3) is 0 Å². The molecular weight excluding hydrogens is 202 g/mol. The smallest absolute Gasteiger partial charge is 0.138 e. The van der Waals surface area contributed by atoms with Crippen LogP contribution in [-0.4, -0.2) is 26.5 Å². The zero-order chi connectivity index (χ0) is 12.2. The van der Waals surface area contributed by atoms with Crippen LogP contribution < -0.4 is 0 Å². The predicted octanol–water partition coefficient (Wildman–Crippen LogP) is 2.20. The van der Waals surface area contributed by atoms with Crippen LogP contribution in [0.1, 0.15) is 52.4 Å². The van der Waals surface area contributed by atoms with E-state index in [0.29, 0.717) is 6.04 Å². The van der Waals surface area contributed by atoms with E-state index in [4.69, 9.17) is 0 Å². The molecule has 0 spiro atoms. The summed E-state index contributed by atoms with van der Waals surface area (Å²) < 4.78 is 1.93. The molecule has 1 aromatic rings. The molecule has 0 aliphatic rings. The summed E-state index contributed by atoms with van der Waals surface area (Å²) in [7, 11) is 0. The Labute approximate surface area is 97.7 Å². The lowest BCUT2D eigenvalue weighted by Crippen LogP contribution is -2.26. The van der Waals surface area contributed by atoms with Crippen molar-refractivity contribution < 1.29 is 5.11 Å². The van der Waals surface area contributed by atoms with Gasteiger partial charge in [0, 0.05) is 19.1 Å². The van der Waals surface area contributed by atoms with Crippen molar-refractivity contribution in [1.82, 2.24) is 14.8 Å². The number of hydrogen-bond donors (Lipinski definition) is 1. The molecule has 92 valence electrons. The van der Waals surface area contributed by atoms with E-state index in [1.54, 1.807) is 6.33 Å². The fourth-order valence-electron chi connectivity index (χ4n) is 2.04. The summed E-state index contributed by atoms with van der Waals surface area (Å²) in [6.07, 6.45) is 4.47. The average molecular weight is 225 g/mol. The third-order valence-electron chi connectivity index (χ3n) is 2.96. The maximum absolute atomic E-state index is 9.49. The Hall–Kier alpha value is -0.900. The molecular formula is C12H23N3O. The molecule has 1 aromatic heterocycles. The number of hydrogen-bond acceptors (Lipinski definition) is 3. The monoisotopic (exact) mass is 225 g/mol. The molecule has 1 atom stereocenters. The summed E-state index contributed by atoms with van der Waals surface area (Å²) >= 11 is 0. The summed E-state index contributed by atoms with van der Waals surface area (Å²) in [5.41, 5.74) is -0.0750. The molecule has 1 unspecified atom stereocenters. The van der Waals surface area contributed by atoms with Gasteiger partial charge in [-0.25, -0.2) is 9.67 Å². The Bertz CT molecular complexity index is 322. The second-order valence-electron chi connectivity index (χ2n) is 5.11. The Morgan fingerprint density at radius 2 is 2.19 bits per heavy atom. The molecule has 0 aromatic carbocycles. The van der Waals surface area contributed by atoms with Crippen molar-refractivity contribution in [3.8, 4) is 0 Å². The van der Waals surface area contributed by atoms with Crippen LogP contribution in [-0.2, 0) is 6.42 Å². The first-order valence-electron chi connectivity index (χ1n) is 6.01. The molecule has 0 radical (unpaired) electrons. The van der Waals surface area contributed by atoms with E-state index in [9.17, 15) is 5.11 Å². The van der Waals surface area contributed by atoms with Crippen LogP contribution in [0.4, 0.5) is 0 Å². The van der Waals surface area contributed by atoms with Gasteiger partial charge in [-0.05, 0) is 25.7 Å². The number of nitrogens with zero attached hydrogens (tertiary/aromatic N) is 3. The molecule has 0 saturated carbocycles. The molecule has 16 heavy (non-hydrogen) atoms. The van der Waals surface area contributed by atoms with Gasteiger partial charge in [0.2, 0.25) is 0 Å². The van der Waals surface area contributed by atoms with Crippen LogP contribution in [0.2, 0.25) is 0 Å². The van der Waals surface area contributed by atoms with Crippen LogP contribution in [0.15, 0.2) is 6.33 Å². The third kappa shape index (κ3) is 3.04. The molecule has 1 N–H and O–H groups in total. The molecule has 0 bridgehead atoms. The summed E-state index contributed by atoms with van der Waals surface area (Å²) in [5, 5.41) is 13.7. The standard InChI is InChI=1S/C12H23N3O/c1-5-6-12(4,8-16)7-11-13-9-14-15(11)10(2)3/h9-10,16H,5-8H2,1-4H3. The third-order valence-corrected chi connectivity index (χ3v) is 2.96. The average Bonchev–Trinajstić information content (AvgIpc) is 2.66. The van der Waals surface area contributed by atoms with E-state index < -0.39 is 0 Å². The Morgan fingerprint density at radius 1 is 1.50 bits per heavy atom. The van der Waals surface area contributed by atoms with Gasteiger partial charge < -0.3 is 5.11 Å². The zero-order valence-corrected chi connectivity index (χ0v) is 10.8. The van der Waals surface area contributed by atoms with E-state index in [2.05, 4.69) is 37.8 Å². The highest BCUT2D eigenvalue weighted by atomic mass is 16.3. The molecule has 0 saturated heterocycles. The van der Waals surface area contributed by atoms with Crippen molar-refractivity contribution >= 4 is 0 Å². The fourth-order valence-corrected chi connectivity index (χ4v) is 2.04. The first-order chi connectivity index (χ1) is 7.52. The van der Waals surface area contributed by atoms with Gasteiger partial charge in [-0.2, -0.15) is 5.10 Å². The van der Waals surface area contributed by atoms with E-state index >= 15 is 0 Å². The minimum absolute atomic E-state index is 0.0750. The van der Waals surface area contributed by atoms with E-state index in [1.807, 2.05) is 4.68 Å². The maximum Gasteiger partial charge on any atom is 0.138 e. The van der Waals surface area contributed by atoms with E-state index in [0.717, 1.165) is 25.1 Å². The summed E-state index contributed by atoms with van der Waals surface area (Å²) in [5.74, 6) is 0.972. The van der Waals surface area contributed by atoms with Gasteiger partial charge in [-0.15, -0.1) is 0 Å². The lowest BCUT2D eigenvalue weighted by molar-refractivity contribution is 0.127. The summed E-state index contributed by atoms with van der Waals surface area (Å²) in [4.78, 5) is 4.29. The summed E-state index contributed by atoms with van der Waals surface area (Å²) in [6.45, 7) is 8.63. The highest BCUT2D eigenvalue weighted by molar-refractivity contribution is 4.93. The van der Waals surface area contributed by atoms with Gasteiger partial charge in [-0.3, -0.25) is 0 Å². The molecule has 0 amide bonds. The van der Waals surface area contributed by atoms with Gasteiger partial charge in [0.1, 0.15) is 12.2 Å². The normalized spacial score (nSPS) is 15.4. The van der Waals surface area contributed by atoms with E-state index in [1.165, 1.54) is 0 Å². The molecule has 0 fully saturated rings. The maximum atomic E-state index is 9.49. The largest absolute Gasteiger partial charge is 0.396 e. The van der Waals surface area contributed by atoms with Gasteiger partial charge in [-0.1, -0.05) is 20.3 Å². The summed E-state index contributed by atoms with van der Waals surface area (Å²) in [6, 6.07) is 0.321. The van der Waals surface area contributed by atoms with Gasteiger partial charge in [0.05, 0.1) is 0 Å². The van der Waals surface area contributed by atoms with Crippen LogP contribution in [0.3, 0.4) is 0 Å². The molecule has 0 aliphatic heterocycles. The first-order valence-corrected chi connectivity index (χ1v) is 6.01. The van der Waals surface area contributed by atoms with Crippen molar-refractivity contribution in [2.24, 2.45) is 5.41 Å². The van der Waals surface area contributed by atoms with Crippen LogP contribution in [0.25, 0.3) is 0 Å². The SMILES string of the molecule is CCCC(C)(CO)Cc1ncnn1C(C)C. The second-order valence-corrected chi connectivity index (χ2v) is 5.11. The zero-order valence-electron chi connectivity index (χ0n) is 10.8. The fraction of sp³-hybridized carbons (Fsp3) is 0.833. The lowest BCUT2D eigenvalue weighted by Gasteiger charge is -2.26. The van der Waals surface area contributed by atoms with Crippen molar-refractivity contribution in [3.05, 3.63) is 12.2 Å². The Balaban J connectivity index is 2.81. The van der Waals surface area contributed by atoms with Gasteiger partial charge in [0.15, 0.2) is 0 Å². The Kier molecular flexibility index (Phi) is 4.47. The van der Waals surface area contributed by atoms with E-state index in [-0.39, 0.29) is 12.0 Å². The molecule has 4 heteroatoms. The van der Waals surface area contributed by atoms with Crippen LogP contribution in [0.5, 0.6) is 0 Å². The number of aliphatic hydroxyl groups is 1. The quantitative estimate of drug-likeness (QED) is 0.807. The molecule has 0 aliphatic carbocycles.